The summed E-state index contributed by atoms with van der Waals surface area (Å²) in [4.78, 5) is 32.1. The van der Waals surface area contributed by atoms with Crippen LogP contribution in [0.3, 0.4) is 0 Å². The Hall–Kier alpha value is -4.59. The van der Waals surface area contributed by atoms with Crippen molar-refractivity contribution in [3.05, 3.63) is 95.2 Å². The zero-order valence-corrected chi connectivity index (χ0v) is 23.3. The van der Waals surface area contributed by atoms with Crippen LogP contribution in [0.4, 0.5) is 0 Å². The van der Waals surface area contributed by atoms with E-state index in [2.05, 4.69) is 0 Å². The van der Waals surface area contributed by atoms with Crippen molar-refractivity contribution >= 4 is 17.5 Å². The van der Waals surface area contributed by atoms with Gasteiger partial charge in [-0.2, -0.15) is 0 Å². The molecular weight excluding hydrogens is 522 g/mol. The maximum absolute atomic E-state index is 13.8. The van der Waals surface area contributed by atoms with Crippen molar-refractivity contribution in [3.63, 3.8) is 0 Å². The van der Waals surface area contributed by atoms with Gasteiger partial charge in [0.15, 0.2) is 17.3 Å². The number of Topliss-reactive ketones (excluding diaryl/α,β-unsaturated/α-hetero) is 1. The van der Waals surface area contributed by atoms with Crippen LogP contribution < -0.4 is 14.2 Å². The Bertz CT molecular complexity index is 1480. The Morgan fingerprint density at radius 1 is 0.902 bits per heavy atom. The van der Waals surface area contributed by atoms with Gasteiger partial charge in [-0.1, -0.05) is 36.4 Å². The van der Waals surface area contributed by atoms with Crippen LogP contribution in [0.2, 0.25) is 0 Å². The van der Waals surface area contributed by atoms with Gasteiger partial charge in [-0.05, 0) is 66.8 Å². The van der Waals surface area contributed by atoms with Gasteiger partial charge in [0.05, 0.1) is 14.2 Å². The summed E-state index contributed by atoms with van der Waals surface area (Å²) in [5.41, 5.74) is 3.48. The minimum absolute atomic E-state index is 0.0566. The number of esters is 1. The lowest BCUT2D eigenvalue weighted by Gasteiger charge is -2.36. The van der Waals surface area contributed by atoms with E-state index in [0.29, 0.717) is 40.7 Å². The first kappa shape index (κ1) is 28.0. The van der Waals surface area contributed by atoms with Crippen LogP contribution in [-0.4, -0.2) is 50.0 Å². The van der Waals surface area contributed by atoms with E-state index in [1.165, 1.54) is 0 Å². The number of hydrogen-bond acceptors (Lipinski definition) is 8. The third-order valence-corrected chi connectivity index (χ3v) is 7.61. The van der Waals surface area contributed by atoms with Gasteiger partial charge in [0.1, 0.15) is 30.6 Å². The first-order valence-corrected chi connectivity index (χ1v) is 13.6. The number of nitrogens with zero attached hydrogens (tertiary/aromatic N) is 1. The lowest BCUT2D eigenvalue weighted by atomic mass is 9.69. The number of aromatic hydroxyl groups is 1. The molecule has 0 fully saturated rings. The van der Waals surface area contributed by atoms with E-state index in [4.69, 9.17) is 23.9 Å². The molecule has 8 nitrogen and oxygen atoms in total. The molecule has 0 bridgehead atoms. The molecule has 0 saturated carbocycles. The number of carbonyl (C=O) groups excluding carboxylic acids is 2. The number of phenolic OH excluding ortho intramolecular Hbond substituents is 1. The number of methoxy groups -OCH3 is 2. The normalized spacial score (nSPS) is 20.1. The van der Waals surface area contributed by atoms with E-state index in [-0.39, 0.29) is 37.1 Å². The molecule has 0 radical (unpaired) electrons. The smallest absolute Gasteiger partial charge is 0.315 e. The standard InChI is InChI=1S/C33H33NO7/c1-20-30(33(37)41-16-15-40-25-7-5-4-6-8-25)31(21-9-12-24(35)13-10-21)32-26(34-20)17-23(18-27(32)36)22-11-14-28(38-2)29(19-22)39-3/h4-14,19,23,30-31,35H,15-18H2,1-3H3/t23-,30?,31+/m0/s1. The molecule has 0 saturated heterocycles. The Morgan fingerprint density at radius 3 is 2.32 bits per heavy atom. The van der Waals surface area contributed by atoms with Crippen molar-refractivity contribution in [1.82, 2.24) is 0 Å². The van der Waals surface area contributed by atoms with Crippen LogP contribution in [0.5, 0.6) is 23.0 Å². The number of ether oxygens (including phenoxy) is 4. The summed E-state index contributed by atoms with van der Waals surface area (Å²) in [6.07, 6.45) is 0.805. The van der Waals surface area contributed by atoms with Crippen molar-refractivity contribution < 1.29 is 33.6 Å². The van der Waals surface area contributed by atoms with Gasteiger partial charge in [0, 0.05) is 29.3 Å². The average Bonchev–Trinajstić information content (AvgIpc) is 2.99. The second kappa shape index (κ2) is 12.3. The predicted molar refractivity (Wildman–Crippen MR) is 154 cm³/mol. The van der Waals surface area contributed by atoms with Crippen LogP contribution >= 0.6 is 0 Å². The summed E-state index contributed by atoms with van der Waals surface area (Å²) in [7, 11) is 3.16. The largest absolute Gasteiger partial charge is 0.508 e. The fourth-order valence-corrected chi connectivity index (χ4v) is 5.66. The minimum atomic E-state index is -0.781. The number of rotatable bonds is 9. The Morgan fingerprint density at radius 2 is 1.61 bits per heavy atom. The molecule has 1 unspecified atom stereocenters. The molecule has 0 aromatic heterocycles. The van der Waals surface area contributed by atoms with E-state index in [9.17, 15) is 14.7 Å². The SMILES string of the molecule is COc1ccc([C@@H]2CC(=O)C3=C(C2)N=C(C)C(C(=O)OCCOc2ccccc2)[C@H]3c2ccc(O)cc2)cc1OC. The van der Waals surface area contributed by atoms with Gasteiger partial charge in [-0.15, -0.1) is 0 Å². The van der Waals surface area contributed by atoms with Crippen LogP contribution in [-0.2, 0) is 14.3 Å². The highest BCUT2D eigenvalue weighted by Crippen LogP contribution is 2.47. The summed E-state index contributed by atoms with van der Waals surface area (Å²) in [6, 6.07) is 21.6. The Balaban J connectivity index is 1.42. The van der Waals surface area contributed by atoms with E-state index in [1.807, 2.05) is 48.5 Å². The molecule has 3 aromatic carbocycles. The van der Waals surface area contributed by atoms with Crippen molar-refractivity contribution in [2.75, 3.05) is 27.4 Å². The number of phenols is 1. The molecule has 1 aliphatic carbocycles. The topological polar surface area (TPSA) is 104 Å². The van der Waals surface area contributed by atoms with Crippen molar-refractivity contribution in [2.24, 2.45) is 10.9 Å². The number of ketones is 1. The molecule has 8 heteroatoms. The summed E-state index contributed by atoms with van der Waals surface area (Å²) in [5, 5.41) is 9.92. The second-order valence-electron chi connectivity index (χ2n) is 10.1. The summed E-state index contributed by atoms with van der Waals surface area (Å²) in [5.74, 6) is 0.0115. The molecule has 0 spiro atoms. The second-order valence-corrected chi connectivity index (χ2v) is 10.1. The Labute approximate surface area is 239 Å². The third kappa shape index (κ3) is 5.96. The van der Waals surface area contributed by atoms with Gasteiger partial charge in [-0.3, -0.25) is 14.6 Å². The summed E-state index contributed by atoms with van der Waals surface area (Å²) < 4.78 is 22.2. The van der Waals surface area contributed by atoms with Crippen LogP contribution in [0.25, 0.3) is 0 Å². The Kier molecular flexibility index (Phi) is 8.38. The number of para-hydroxylation sites is 1. The molecule has 2 aliphatic rings. The van der Waals surface area contributed by atoms with E-state index >= 15 is 0 Å². The summed E-state index contributed by atoms with van der Waals surface area (Å²) in [6.45, 7) is 2.05. The van der Waals surface area contributed by atoms with Crippen molar-refractivity contribution in [2.45, 2.75) is 31.6 Å². The average molecular weight is 556 g/mol. The fraction of sp³-hybridized carbons (Fsp3) is 0.303. The van der Waals surface area contributed by atoms with Crippen LogP contribution in [0.15, 0.2) is 89.1 Å². The zero-order valence-electron chi connectivity index (χ0n) is 23.3. The fourth-order valence-electron chi connectivity index (χ4n) is 5.66. The van der Waals surface area contributed by atoms with Gasteiger partial charge in [0.25, 0.3) is 0 Å². The van der Waals surface area contributed by atoms with Gasteiger partial charge in [-0.25, -0.2) is 0 Å². The molecule has 1 aliphatic heterocycles. The molecule has 0 amide bonds. The monoisotopic (exact) mass is 555 g/mol. The third-order valence-electron chi connectivity index (χ3n) is 7.61. The molecule has 1 heterocycles. The lowest BCUT2D eigenvalue weighted by Crippen LogP contribution is -2.38. The lowest BCUT2D eigenvalue weighted by molar-refractivity contribution is -0.147. The number of carbonyl (C=O) groups is 2. The highest BCUT2D eigenvalue weighted by molar-refractivity contribution is 6.09. The molecule has 3 atom stereocenters. The molecule has 1 N–H and O–H groups in total. The number of hydrogen-bond donors (Lipinski definition) is 1. The van der Waals surface area contributed by atoms with E-state index in [1.54, 1.807) is 45.4 Å². The van der Waals surface area contributed by atoms with Gasteiger partial charge < -0.3 is 24.1 Å². The molecule has 5 rings (SSSR count). The molecule has 41 heavy (non-hydrogen) atoms. The minimum Gasteiger partial charge on any atom is -0.508 e. The number of allylic oxidation sites excluding steroid dienone is 2. The molecule has 3 aromatic rings. The highest BCUT2D eigenvalue weighted by atomic mass is 16.6. The van der Waals surface area contributed by atoms with Gasteiger partial charge >= 0.3 is 5.97 Å². The molecule has 212 valence electrons. The first-order chi connectivity index (χ1) is 19.9. The van der Waals surface area contributed by atoms with E-state index < -0.39 is 17.8 Å². The van der Waals surface area contributed by atoms with Crippen LogP contribution in [0, 0.1) is 5.92 Å². The maximum Gasteiger partial charge on any atom is 0.315 e. The predicted octanol–water partition coefficient (Wildman–Crippen LogP) is 5.61. The zero-order chi connectivity index (χ0) is 28.9. The number of aliphatic imine (C=N–C) groups is 1. The van der Waals surface area contributed by atoms with E-state index in [0.717, 1.165) is 11.1 Å². The quantitative estimate of drug-likeness (QED) is 0.271. The number of benzene rings is 3. The summed E-state index contributed by atoms with van der Waals surface area (Å²) >= 11 is 0. The van der Waals surface area contributed by atoms with Crippen LogP contribution in [0.1, 0.15) is 42.7 Å². The van der Waals surface area contributed by atoms with Crippen molar-refractivity contribution in [3.8, 4) is 23.0 Å². The molecular formula is C33H33NO7. The highest BCUT2D eigenvalue weighted by Gasteiger charge is 2.44. The van der Waals surface area contributed by atoms with Crippen molar-refractivity contribution in [1.29, 1.82) is 0 Å². The maximum atomic E-state index is 13.8. The first-order valence-electron chi connectivity index (χ1n) is 13.6. The van der Waals surface area contributed by atoms with Gasteiger partial charge in [0.2, 0.25) is 0 Å².